The van der Waals surface area contributed by atoms with Crippen LogP contribution in [0.4, 0.5) is 0 Å². The number of carbonyl (C=O) groups is 1. The van der Waals surface area contributed by atoms with E-state index in [-0.39, 0.29) is 23.2 Å². The summed E-state index contributed by atoms with van der Waals surface area (Å²) in [5.41, 5.74) is 0.00120. The SMILES string of the molecule is C[C@]12CCC(=O)C=C1CC[C@@H]1[C@@H]2CC[C@@]2(C)[C@H]1CC[C@@]2(O)[C@@H](O)CO. The van der Waals surface area contributed by atoms with E-state index in [0.29, 0.717) is 30.6 Å². The Morgan fingerprint density at radius 1 is 1.12 bits per heavy atom. The quantitative estimate of drug-likeness (QED) is 0.717. The summed E-state index contributed by atoms with van der Waals surface area (Å²) in [6.07, 6.45) is 8.03. The molecule has 140 valence electrons. The van der Waals surface area contributed by atoms with Crippen molar-refractivity contribution >= 4 is 5.78 Å². The zero-order valence-electron chi connectivity index (χ0n) is 15.5. The number of ketones is 1. The Balaban J connectivity index is 1.67. The molecule has 0 spiro atoms. The number of aliphatic hydroxyl groups is 3. The van der Waals surface area contributed by atoms with Crippen molar-refractivity contribution in [2.75, 3.05) is 6.61 Å². The molecule has 4 heteroatoms. The van der Waals surface area contributed by atoms with Crippen LogP contribution in [-0.4, -0.2) is 39.4 Å². The Kier molecular flexibility index (Phi) is 3.99. The lowest BCUT2D eigenvalue weighted by Gasteiger charge is -2.59. The van der Waals surface area contributed by atoms with Gasteiger partial charge in [-0.25, -0.2) is 0 Å². The second-order valence-corrected chi connectivity index (χ2v) is 9.59. The summed E-state index contributed by atoms with van der Waals surface area (Å²) >= 11 is 0. The van der Waals surface area contributed by atoms with E-state index in [1.54, 1.807) is 0 Å². The minimum atomic E-state index is -1.17. The molecular formula is C21H32O4. The zero-order valence-corrected chi connectivity index (χ0v) is 15.5. The molecule has 0 aromatic heterocycles. The number of hydrogen-bond acceptors (Lipinski definition) is 4. The Morgan fingerprint density at radius 2 is 1.84 bits per heavy atom. The Labute approximate surface area is 150 Å². The van der Waals surface area contributed by atoms with Gasteiger partial charge in [-0.3, -0.25) is 4.79 Å². The summed E-state index contributed by atoms with van der Waals surface area (Å²) < 4.78 is 0. The van der Waals surface area contributed by atoms with Gasteiger partial charge < -0.3 is 15.3 Å². The number of allylic oxidation sites excluding steroid dienone is 1. The van der Waals surface area contributed by atoms with Crippen LogP contribution in [0.5, 0.6) is 0 Å². The summed E-state index contributed by atoms with van der Waals surface area (Å²) in [5, 5.41) is 31.1. The van der Waals surface area contributed by atoms with Crippen LogP contribution in [0.2, 0.25) is 0 Å². The molecule has 25 heavy (non-hydrogen) atoms. The van der Waals surface area contributed by atoms with Crippen molar-refractivity contribution in [2.45, 2.75) is 76.9 Å². The topological polar surface area (TPSA) is 77.8 Å². The molecule has 0 aromatic rings. The largest absolute Gasteiger partial charge is 0.394 e. The van der Waals surface area contributed by atoms with Gasteiger partial charge in [-0.15, -0.1) is 0 Å². The maximum absolute atomic E-state index is 11.9. The summed E-state index contributed by atoms with van der Waals surface area (Å²) in [4.78, 5) is 11.9. The molecule has 4 aliphatic carbocycles. The van der Waals surface area contributed by atoms with Crippen molar-refractivity contribution in [1.29, 1.82) is 0 Å². The molecule has 3 saturated carbocycles. The highest BCUT2D eigenvalue weighted by Crippen LogP contribution is 2.67. The first-order chi connectivity index (χ1) is 11.8. The minimum Gasteiger partial charge on any atom is -0.394 e. The Hall–Kier alpha value is -0.710. The lowest BCUT2D eigenvalue weighted by Crippen LogP contribution is -2.59. The highest BCUT2D eigenvalue weighted by molar-refractivity contribution is 5.91. The third kappa shape index (κ3) is 2.20. The monoisotopic (exact) mass is 348 g/mol. The molecule has 0 aromatic carbocycles. The van der Waals surface area contributed by atoms with E-state index in [2.05, 4.69) is 13.8 Å². The van der Waals surface area contributed by atoms with Crippen LogP contribution in [0.25, 0.3) is 0 Å². The van der Waals surface area contributed by atoms with E-state index in [4.69, 9.17) is 0 Å². The smallest absolute Gasteiger partial charge is 0.155 e. The van der Waals surface area contributed by atoms with Gasteiger partial charge in [-0.05, 0) is 74.2 Å². The predicted octanol–water partition coefficient (Wildman–Crippen LogP) is 2.60. The lowest BCUT2D eigenvalue weighted by atomic mass is 9.46. The second kappa shape index (κ2) is 5.64. The van der Waals surface area contributed by atoms with Gasteiger partial charge in [0.1, 0.15) is 6.10 Å². The van der Waals surface area contributed by atoms with Gasteiger partial charge >= 0.3 is 0 Å². The highest BCUT2D eigenvalue weighted by atomic mass is 16.4. The molecule has 4 aliphatic rings. The first kappa shape index (κ1) is 17.7. The number of fused-ring (bicyclic) bond motifs is 5. The van der Waals surface area contributed by atoms with Crippen molar-refractivity contribution < 1.29 is 20.1 Å². The van der Waals surface area contributed by atoms with Crippen LogP contribution in [0, 0.1) is 28.6 Å². The van der Waals surface area contributed by atoms with E-state index >= 15 is 0 Å². The molecule has 3 fully saturated rings. The van der Waals surface area contributed by atoms with Gasteiger partial charge in [0.25, 0.3) is 0 Å². The van der Waals surface area contributed by atoms with Crippen molar-refractivity contribution in [1.82, 2.24) is 0 Å². The van der Waals surface area contributed by atoms with E-state index in [1.165, 1.54) is 5.57 Å². The van der Waals surface area contributed by atoms with Crippen LogP contribution in [-0.2, 0) is 4.79 Å². The summed E-state index contributed by atoms with van der Waals surface area (Å²) in [6.45, 7) is 4.12. The summed E-state index contributed by atoms with van der Waals surface area (Å²) in [7, 11) is 0. The van der Waals surface area contributed by atoms with Gasteiger partial charge in [0, 0.05) is 11.8 Å². The first-order valence-electron chi connectivity index (χ1n) is 10.0. The molecule has 0 heterocycles. The lowest BCUT2D eigenvalue weighted by molar-refractivity contribution is -0.184. The standard InChI is InChI=1S/C21H32O4/c1-19-8-5-14(23)11-13(19)3-4-15-16(19)6-9-20(2)17(15)7-10-21(20,25)18(24)12-22/h11,15-18,22,24-25H,3-10,12H2,1-2H3/t15-,16+,17+,18+,19+,20+,21-/m1/s1. The maximum atomic E-state index is 11.9. The molecule has 0 saturated heterocycles. The van der Waals surface area contributed by atoms with E-state index in [0.717, 1.165) is 38.5 Å². The molecule has 0 unspecified atom stereocenters. The molecule has 4 rings (SSSR count). The number of hydrogen-bond donors (Lipinski definition) is 3. The van der Waals surface area contributed by atoms with Crippen molar-refractivity contribution in [3.63, 3.8) is 0 Å². The van der Waals surface area contributed by atoms with Gasteiger partial charge in [-0.2, -0.15) is 0 Å². The normalized spacial score (nSPS) is 50.5. The van der Waals surface area contributed by atoms with E-state index < -0.39 is 11.7 Å². The van der Waals surface area contributed by atoms with Crippen LogP contribution >= 0.6 is 0 Å². The molecule has 4 nitrogen and oxygen atoms in total. The molecule has 7 atom stereocenters. The van der Waals surface area contributed by atoms with E-state index in [1.807, 2.05) is 6.08 Å². The molecule has 3 N–H and O–H groups in total. The molecule has 0 bridgehead atoms. The highest BCUT2D eigenvalue weighted by Gasteiger charge is 2.65. The third-order valence-corrected chi connectivity index (χ3v) is 8.90. The number of rotatable bonds is 2. The molecule has 0 aliphatic heterocycles. The predicted molar refractivity (Wildman–Crippen MR) is 94.8 cm³/mol. The average Bonchev–Trinajstić information content (AvgIpc) is 2.87. The fraction of sp³-hybridized carbons (Fsp3) is 0.857. The first-order valence-corrected chi connectivity index (χ1v) is 10.0. The van der Waals surface area contributed by atoms with Gasteiger partial charge in [0.2, 0.25) is 0 Å². The van der Waals surface area contributed by atoms with Crippen LogP contribution in [0.15, 0.2) is 11.6 Å². The Bertz CT molecular complexity index is 613. The Morgan fingerprint density at radius 3 is 2.56 bits per heavy atom. The fourth-order valence-electron chi connectivity index (χ4n) is 7.31. The van der Waals surface area contributed by atoms with Gasteiger partial charge in [0.05, 0.1) is 12.2 Å². The van der Waals surface area contributed by atoms with Gasteiger partial charge in [-0.1, -0.05) is 19.4 Å². The van der Waals surface area contributed by atoms with Crippen molar-refractivity contribution in [3.05, 3.63) is 11.6 Å². The summed E-state index contributed by atoms with van der Waals surface area (Å²) in [6, 6.07) is 0. The number of aliphatic hydroxyl groups excluding tert-OH is 2. The second-order valence-electron chi connectivity index (χ2n) is 9.59. The molecule has 0 radical (unpaired) electrons. The van der Waals surface area contributed by atoms with Crippen LogP contribution < -0.4 is 0 Å². The van der Waals surface area contributed by atoms with Crippen LogP contribution in [0.3, 0.4) is 0 Å². The van der Waals surface area contributed by atoms with Crippen molar-refractivity contribution in [3.8, 4) is 0 Å². The minimum absolute atomic E-state index is 0.133. The van der Waals surface area contributed by atoms with E-state index in [9.17, 15) is 20.1 Å². The number of carbonyl (C=O) groups excluding carboxylic acids is 1. The fourth-order valence-corrected chi connectivity index (χ4v) is 7.31. The molecule has 0 amide bonds. The average molecular weight is 348 g/mol. The van der Waals surface area contributed by atoms with Crippen molar-refractivity contribution in [2.24, 2.45) is 28.6 Å². The summed E-state index contributed by atoms with van der Waals surface area (Å²) in [5.74, 6) is 1.81. The van der Waals surface area contributed by atoms with Gasteiger partial charge in [0.15, 0.2) is 5.78 Å². The maximum Gasteiger partial charge on any atom is 0.155 e. The molecular weight excluding hydrogens is 316 g/mol. The third-order valence-electron chi connectivity index (χ3n) is 8.90. The zero-order chi connectivity index (χ0) is 18.0. The van der Waals surface area contributed by atoms with Crippen LogP contribution in [0.1, 0.15) is 65.2 Å².